The Balaban J connectivity index is 2.25. The van der Waals surface area contributed by atoms with Crippen LogP contribution in [-0.4, -0.2) is 7.05 Å². The van der Waals surface area contributed by atoms with Crippen molar-refractivity contribution in [3.8, 4) is 0 Å². The largest absolute Gasteiger partial charge is 0.313 e. The summed E-state index contributed by atoms with van der Waals surface area (Å²) in [5.41, 5.74) is 3.46. The Kier molecular flexibility index (Phi) is 3.92. The molecule has 0 saturated heterocycles. The van der Waals surface area contributed by atoms with Gasteiger partial charge in [0.1, 0.15) is 5.82 Å². The number of hydrogen-bond donors (Lipinski definition) is 1. The standard InChI is InChI=1S/C14H16FNS/c1-10-3-4-12(15)8-13(10)14(16-2)7-11-5-6-17-9-11/h3-6,8-9,14,16H,7H2,1-2H3. The molecular formula is C14H16FNS. The minimum absolute atomic E-state index is 0.167. The van der Waals surface area contributed by atoms with Crippen molar-refractivity contribution in [3.63, 3.8) is 0 Å². The average molecular weight is 249 g/mol. The van der Waals surface area contributed by atoms with Gasteiger partial charge in [0.15, 0.2) is 0 Å². The van der Waals surface area contributed by atoms with E-state index in [1.54, 1.807) is 17.4 Å². The van der Waals surface area contributed by atoms with Crippen LogP contribution in [0.4, 0.5) is 4.39 Å². The number of nitrogens with one attached hydrogen (secondary N) is 1. The van der Waals surface area contributed by atoms with Crippen LogP contribution in [0.1, 0.15) is 22.7 Å². The average Bonchev–Trinajstić information content (AvgIpc) is 2.82. The molecule has 2 aromatic rings. The Bertz CT molecular complexity index is 479. The second-order valence-corrected chi connectivity index (χ2v) is 4.96. The second kappa shape index (κ2) is 5.43. The highest BCUT2D eigenvalue weighted by Crippen LogP contribution is 2.23. The third-order valence-corrected chi connectivity index (χ3v) is 3.72. The van der Waals surface area contributed by atoms with Crippen LogP contribution in [0, 0.1) is 12.7 Å². The summed E-state index contributed by atoms with van der Waals surface area (Å²) < 4.78 is 13.3. The van der Waals surface area contributed by atoms with Crippen molar-refractivity contribution in [1.29, 1.82) is 0 Å². The lowest BCUT2D eigenvalue weighted by Gasteiger charge is -2.18. The second-order valence-electron chi connectivity index (χ2n) is 4.18. The maximum atomic E-state index is 13.3. The molecule has 0 amide bonds. The van der Waals surface area contributed by atoms with Crippen LogP contribution < -0.4 is 5.32 Å². The number of thiophene rings is 1. The molecule has 0 aliphatic carbocycles. The molecule has 90 valence electrons. The van der Waals surface area contributed by atoms with E-state index >= 15 is 0 Å². The highest BCUT2D eigenvalue weighted by atomic mass is 32.1. The SMILES string of the molecule is CNC(Cc1ccsc1)c1cc(F)ccc1C. The third-order valence-electron chi connectivity index (χ3n) is 2.99. The Labute approximate surface area is 105 Å². The van der Waals surface area contributed by atoms with E-state index in [9.17, 15) is 4.39 Å². The molecule has 0 aliphatic heterocycles. The Morgan fingerprint density at radius 3 is 2.82 bits per heavy atom. The number of aryl methyl sites for hydroxylation is 1. The van der Waals surface area contributed by atoms with Gasteiger partial charge in [0, 0.05) is 6.04 Å². The maximum Gasteiger partial charge on any atom is 0.123 e. The summed E-state index contributed by atoms with van der Waals surface area (Å²) in [4.78, 5) is 0. The van der Waals surface area contributed by atoms with E-state index in [-0.39, 0.29) is 11.9 Å². The molecule has 2 rings (SSSR count). The van der Waals surface area contributed by atoms with Gasteiger partial charge in [-0.25, -0.2) is 4.39 Å². The summed E-state index contributed by atoms with van der Waals surface area (Å²) in [6.07, 6.45) is 0.893. The molecule has 0 spiro atoms. The monoisotopic (exact) mass is 249 g/mol. The van der Waals surface area contributed by atoms with E-state index in [0.29, 0.717) is 0 Å². The zero-order valence-corrected chi connectivity index (χ0v) is 10.9. The van der Waals surface area contributed by atoms with Crippen molar-refractivity contribution >= 4 is 11.3 Å². The molecule has 17 heavy (non-hydrogen) atoms. The summed E-state index contributed by atoms with van der Waals surface area (Å²) in [7, 11) is 1.92. The number of benzene rings is 1. The van der Waals surface area contributed by atoms with Crippen LogP contribution in [-0.2, 0) is 6.42 Å². The maximum absolute atomic E-state index is 13.3. The Morgan fingerprint density at radius 1 is 1.35 bits per heavy atom. The summed E-state index contributed by atoms with van der Waals surface area (Å²) in [6.45, 7) is 2.02. The smallest absolute Gasteiger partial charge is 0.123 e. The molecule has 1 aromatic carbocycles. The molecule has 1 heterocycles. The number of likely N-dealkylation sites (N-methyl/N-ethyl adjacent to an activating group) is 1. The predicted molar refractivity (Wildman–Crippen MR) is 71.0 cm³/mol. The molecule has 0 fully saturated rings. The van der Waals surface area contributed by atoms with Gasteiger partial charge in [-0.2, -0.15) is 11.3 Å². The molecule has 1 atom stereocenters. The first-order valence-corrected chi connectivity index (χ1v) is 6.59. The van der Waals surface area contributed by atoms with Crippen LogP contribution >= 0.6 is 11.3 Å². The third kappa shape index (κ3) is 2.93. The van der Waals surface area contributed by atoms with Crippen LogP contribution in [0.15, 0.2) is 35.0 Å². The zero-order valence-electron chi connectivity index (χ0n) is 10.0. The highest BCUT2D eigenvalue weighted by Gasteiger charge is 2.13. The molecule has 0 aliphatic rings. The van der Waals surface area contributed by atoms with Crippen molar-refractivity contribution in [2.75, 3.05) is 7.05 Å². The molecule has 3 heteroatoms. The van der Waals surface area contributed by atoms with Crippen LogP contribution in [0.2, 0.25) is 0 Å². The molecule has 1 nitrogen and oxygen atoms in total. The quantitative estimate of drug-likeness (QED) is 0.871. The molecule has 0 saturated carbocycles. The minimum Gasteiger partial charge on any atom is -0.313 e. The van der Waals surface area contributed by atoms with Crippen LogP contribution in [0.25, 0.3) is 0 Å². The van der Waals surface area contributed by atoms with E-state index in [1.807, 2.05) is 20.0 Å². The number of halogens is 1. The molecule has 1 unspecified atom stereocenters. The fourth-order valence-electron chi connectivity index (χ4n) is 2.00. The van der Waals surface area contributed by atoms with Gasteiger partial charge in [-0.05, 0) is 66.0 Å². The molecule has 1 aromatic heterocycles. The lowest BCUT2D eigenvalue weighted by atomic mass is 9.96. The van der Waals surface area contributed by atoms with Gasteiger partial charge in [-0.3, -0.25) is 0 Å². The van der Waals surface area contributed by atoms with Gasteiger partial charge in [0.25, 0.3) is 0 Å². The van der Waals surface area contributed by atoms with E-state index in [0.717, 1.165) is 17.5 Å². The van der Waals surface area contributed by atoms with Crippen molar-refractivity contribution in [2.45, 2.75) is 19.4 Å². The Morgan fingerprint density at radius 2 is 2.18 bits per heavy atom. The summed E-state index contributed by atoms with van der Waals surface area (Å²) in [5, 5.41) is 7.47. The number of hydrogen-bond acceptors (Lipinski definition) is 2. The van der Waals surface area contributed by atoms with Crippen molar-refractivity contribution in [3.05, 3.63) is 57.5 Å². The first-order chi connectivity index (χ1) is 8.20. The lowest BCUT2D eigenvalue weighted by Crippen LogP contribution is -2.19. The van der Waals surface area contributed by atoms with Crippen molar-refractivity contribution < 1.29 is 4.39 Å². The van der Waals surface area contributed by atoms with Crippen LogP contribution in [0.5, 0.6) is 0 Å². The van der Waals surface area contributed by atoms with E-state index in [4.69, 9.17) is 0 Å². The minimum atomic E-state index is -0.170. The van der Waals surface area contributed by atoms with Gasteiger partial charge in [-0.15, -0.1) is 0 Å². The van der Waals surface area contributed by atoms with Crippen LogP contribution in [0.3, 0.4) is 0 Å². The van der Waals surface area contributed by atoms with E-state index < -0.39 is 0 Å². The molecule has 1 N–H and O–H groups in total. The number of rotatable bonds is 4. The van der Waals surface area contributed by atoms with Crippen molar-refractivity contribution in [2.24, 2.45) is 0 Å². The van der Waals surface area contributed by atoms with E-state index in [1.165, 1.54) is 11.6 Å². The summed E-state index contributed by atoms with van der Waals surface area (Å²) in [6, 6.07) is 7.26. The predicted octanol–water partition coefficient (Wildman–Crippen LogP) is 3.70. The van der Waals surface area contributed by atoms with E-state index in [2.05, 4.69) is 22.1 Å². The first kappa shape index (κ1) is 12.3. The normalized spacial score (nSPS) is 12.6. The van der Waals surface area contributed by atoms with Gasteiger partial charge < -0.3 is 5.32 Å². The fraction of sp³-hybridized carbons (Fsp3) is 0.286. The zero-order chi connectivity index (χ0) is 12.3. The highest BCUT2D eigenvalue weighted by molar-refractivity contribution is 7.07. The summed E-state index contributed by atoms with van der Waals surface area (Å²) in [5.74, 6) is -0.170. The first-order valence-electron chi connectivity index (χ1n) is 5.65. The van der Waals surface area contributed by atoms with Gasteiger partial charge in [-0.1, -0.05) is 6.07 Å². The van der Waals surface area contributed by atoms with Crippen molar-refractivity contribution in [1.82, 2.24) is 5.32 Å². The fourth-order valence-corrected chi connectivity index (χ4v) is 2.68. The van der Waals surface area contributed by atoms with Gasteiger partial charge in [0.05, 0.1) is 0 Å². The lowest BCUT2D eigenvalue weighted by molar-refractivity contribution is 0.575. The Hall–Kier alpha value is -1.19. The van der Waals surface area contributed by atoms with Gasteiger partial charge >= 0.3 is 0 Å². The van der Waals surface area contributed by atoms with Gasteiger partial charge in [0.2, 0.25) is 0 Å². The molecule has 0 radical (unpaired) electrons. The molecule has 0 bridgehead atoms. The summed E-state index contributed by atoms with van der Waals surface area (Å²) >= 11 is 1.69. The molecular weight excluding hydrogens is 233 g/mol. The topological polar surface area (TPSA) is 12.0 Å².